The number of rotatable bonds is 17. The van der Waals surface area contributed by atoms with E-state index in [4.69, 9.17) is 14.5 Å². The first kappa shape index (κ1) is 35.6. The lowest BCUT2D eigenvalue weighted by Crippen LogP contribution is -2.47. The zero-order chi connectivity index (χ0) is 34.1. The van der Waals surface area contributed by atoms with E-state index in [1.54, 1.807) is 53.1 Å². The number of carbonyl (C=O) groups is 3. The lowest BCUT2D eigenvalue weighted by molar-refractivity contribution is -0.139. The SMILES string of the molecule is CCCCCCC(C)C(CCCCCC)n1c(C(C(=O)Nc2ccccc2OC)N2C(=O)OC(C)(C)C2=O)nc2ccccc2c1=O. The number of cyclic esters (lactones) is 1. The normalized spacial score (nSPS) is 16.2. The summed E-state index contributed by atoms with van der Waals surface area (Å²) in [6.07, 6.45) is 8.98. The van der Waals surface area contributed by atoms with Crippen molar-refractivity contribution >= 4 is 34.5 Å². The maximum Gasteiger partial charge on any atom is 0.418 e. The van der Waals surface area contributed by atoms with E-state index in [2.05, 4.69) is 26.1 Å². The van der Waals surface area contributed by atoms with Crippen LogP contribution in [0.5, 0.6) is 5.75 Å². The van der Waals surface area contributed by atoms with Crippen molar-refractivity contribution in [3.8, 4) is 5.75 Å². The molecular weight excluding hydrogens is 596 g/mol. The number of fused-ring (bicyclic) bond motifs is 1. The van der Waals surface area contributed by atoms with Crippen LogP contribution in [0.15, 0.2) is 53.3 Å². The molecule has 3 aromatic rings. The first-order chi connectivity index (χ1) is 22.5. The van der Waals surface area contributed by atoms with E-state index in [0.29, 0.717) is 28.8 Å². The molecule has 2 heterocycles. The summed E-state index contributed by atoms with van der Waals surface area (Å²) in [6, 6.07) is 11.9. The monoisotopic (exact) mass is 646 g/mol. The molecule has 0 radical (unpaired) electrons. The highest BCUT2D eigenvalue weighted by Crippen LogP contribution is 2.37. The summed E-state index contributed by atoms with van der Waals surface area (Å²) < 4.78 is 12.5. The second-order valence-corrected chi connectivity index (χ2v) is 13.1. The van der Waals surface area contributed by atoms with Gasteiger partial charge in [-0.15, -0.1) is 0 Å². The van der Waals surface area contributed by atoms with Gasteiger partial charge >= 0.3 is 6.09 Å². The minimum atomic E-state index is -1.59. The Morgan fingerprint density at radius 3 is 2.19 bits per heavy atom. The summed E-state index contributed by atoms with van der Waals surface area (Å²) in [4.78, 5) is 62.1. The summed E-state index contributed by atoms with van der Waals surface area (Å²) in [5.74, 6) is -0.917. The van der Waals surface area contributed by atoms with Gasteiger partial charge in [-0.05, 0) is 56.9 Å². The molecule has 0 bridgehead atoms. The van der Waals surface area contributed by atoms with Crippen LogP contribution in [0.25, 0.3) is 10.9 Å². The Balaban J connectivity index is 1.95. The van der Waals surface area contributed by atoms with E-state index in [-0.39, 0.29) is 23.3 Å². The summed E-state index contributed by atoms with van der Waals surface area (Å²) >= 11 is 0. The molecule has 3 unspecified atom stereocenters. The molecule has 1 aliphatic rings. The Kier molecular flexibility index (Phi) is 12.2. The maximum atomic E-state index is 14.6. The minimum Gasteiger partial charge on any atom is -0.495 e. The van der Waals surface area contributed by atoms with Crippen molar-refractivity contribution in [3.05, 3.63) is 64.7 Å². The Morgan fingerprint density at radius 1 is 0.915 bits per heavy atom. The van der Waals surface area contributed by atoms with Gasteiger partial charge in [0.25, 0.3) is 17.4 Å². The van der Waals surface area contributed by atoms with E-state index in [0.717, 1.165) is 62.7 Å². The van der Waals surface area contributed by atoms with Crippen LogP contribution in [0.2, 0.25) is 0 Å². The standard InChI is InChI=1S/C37H50N4O6/c1-7-9-11-13-19-25(3)29(23-14-12-10-8-2)40-32(38-27-21-16-15-20-26(27)34(40)43)31(41-35(44)37(4,5)47-36(41)45)33(42)39-28-22-17-18-24-30(28)46-6/h15-18,20-22,24-25,29,31H,7-14,19,23H2,1-6H3,(H,39,42). The molecule has 3 atom stereocenters. The summed E-state index contributed by atoms with van der Waals surface area (Å²) in [6.45, 7) is 9.44. The number of aromatic nitrogens is 2. The fourth-order valence-corrected chi connectivity index (χ4v) is 6.42. The molecule has 0 aliphatic carbocycles. The van der Waals surface area contributed by atoms with E-state index in [1.165, 1.54) is 21.0 Å². The molecule has 1 aliphatic heterocycles. The maximum absolute atomic E-state index is 14.6. The number of imide groups is 1. The quantitative estimate of drug-likeness (QED) is 0.148. The third-order valence-electron chi connectivity index (χ3n) is 9.08. The third kappa shape index (κ3) is 8.03. The molecule has 1 saturated heterocycles. The van der Waals surface area contributed by atoms with Crippen LogP contribution in [0, 0.1) is 5.92 Å². The van der Waals surface area contributed by atoms with Crippen molar-refractivity contribution in [1.82, 2.24) is 14.5 Å². The van der Waals surface area contributed by atoms with Gasteiger partial charge in [0.1, 0.15) is 11.6 Å². The fraction of sp³-hybridized carbons (Fsp3) is 0.541. The van der Waals surface area contributed by atoms with Crippen LogP contribution < -0.4 is 15.6 Å². The molecule has 1 fully saturated rings. The van der Waals surface area contributed by atoms with Crippen LogP contribution in [-0.4, -0.2) is 45.1 Å². The van der Waals surface area contributed by atoms with Gasteiger partial charge in [-0.25, -0.2) is 14.7 Å². The molecule has 2 aromatic carbocycles. The molecule has 0 spiro atoms. The molecule has 1 aromatic heterocycles. The summed E-state index contributed by atoms with van der Waals surface area (Å²) in [5.41, 5.74) is -1.09. The van der Waals surface area contributed by atoms with Crippen LogP contribution in [0.4, 0.5) is 10.5 Å². The number of benzene rings is 2. The Bertz CT molecular complexity index is 1620. The highest BCUT2D eigenvalue weighted by Gasteiger charge is 2.53. The summed E-state index contributed by atoms with van der Waals surface area (Å²) in [5, 5.41) is 3.27. The van der Waals surface area contributed by atoms with Gasteiger partial charge in [0, 0.05) is 6.04 Å². The minimum absolute atomic E-state index is 0.0324. The predicted octanol–water partition coefficient (Wildman–Crippen LogP) is 7.96. The first-order valence-corrected chi connectivity index (χ1v) is 17.1. The smallest absolute Gasteiger partial charge is 0.418 e. The number of nitrogens with one attached hydrogen (secondary N) is 1. The topological polar surface area (TPSA) is 120 Å². The van der Waals surface area contributed by atoms with E-state index >= 15 is 0 Å². The highest BCUT2D eigenvalue weighted by atomic mass is 16.6. The summed E-state index contributed by atoms with van der Waals surface area (Å²) in [7, 11) is 1.49. The number of hydrogen-bond donors (Lipinski definition) is 1. The second kappa shape index (κ2) is 16.1. The molecule has 3 amide bonds. The predicted molar refractivity (Wildman–Crippen MR) is 183 cm³/mol. The number of para-hydroxylation sites is 3. The number of anilines is 1. The fourth-order valence-electron chi connectivity index (χ4n) is 6.42. The van der Waals surface area contributed by atoms with Gasteiger partial charge < -0.3 is 14.8 Å². The number of unbranched alkanes of at least 4 members (excludes halogenated alkanes) is 6. The largest absolute Gasteiger partial charge is 0.495 e. The van der Waals surface area contributed by atoms with Crippen molar-refractivity contribution in [1.29, 1.82) is 0 Å². The number of nitrogens with zero attached hydrogens (tertiary/aromatic N) is 3. The molecule has 47 heavy (non-hydrogen) atoms. The lowest BCUT2D eigenvalue weighted by Gasteiger charge is -2.32. The Hall–Kier alpha value is -4.21. The van der Waals surface area contributed by atoms with Gasteiger partial charge in [-0.3, -0.25) is 19.0 Å². The van der Waals surface area contributed by atoms with Crippen LogP contribution in [-0.2, 0) is 14.3 Å². The van der Waals surface area contributed by atoms with E-state index in [9.17, 15) is 19.2 Å². The van der Waals surface area contributed by atoms with Crippen LogP contribution in [0.1, 0.15) is 117 Å². The molecule has 1 N–H and O–H groups in total. The molecular formula is C37H50N4O6. The molecule has 10 heteroatoms. The van der Waals surface area contributed by atoms with E-state index < -0.39 is 29.6 Å². The number of carbonyl (C=O) groups excluding carboxylic acids is 3. The third-order valence-corrected chi connectivity index (χ3v) is 9.08. The first-order valence-electron chi connectivity index (χ1n) is 17.1. The molecule has 10 nitrogen and oxygen atoms in total. The number of ether oxygens (including phenoxy) is 2. The van der Waals surface area contributed by atoms with Crippen molar-refractivity contribution in [2.75, 3.05) is 12.4 Å². The van der Waals surface area contributed by atoms with Gasteiger partial charge in [-0.2, -0.15) is 0 Å². The Morgan fingerprint density at radius 2 is 1.55 bits per heavy atom. The van der Waals surface area contributed by atoms with Crippen LogP contribution >= 0.6 is 0 Å². The van der Waals surface area contributed by atoms with Gasteiger partial charge in [0.15, 0.2) is 11.6 Å². The van der Waals surface area contributed by atoms with Gasteiger partial charge in [0.05, 0.1) is 23.7 Å². The zero-order valence-corrected chi connectivity index (χ0v) is 28.7. The van der Waals surface area contributed by atoms with Gasteiger partial charge in [-0.1, -0.05) is 96.4 Å². The lowest BCUT2D eigenvalue weighted by atomic mass is 9.90. The van der Waals surface area contributed by atoms with Crippen molar-refractivity contribution in [2.24, 2.45) is 5.92 Å². The molecule has 0 saturated carbocycles. The molecule has 4 rings (SSSR count). The number of amides is 3. The highest BCUT2D eigenvalue weighted by molar-refractivity contribution is 6.08. The van der Waals surface area contributed by atoms with Crippen molar-refractivity contribution < 1.29 is 23.9 Å². The van der Waals surface area contributed by atoms with E-state index in [1.807, 2.05) is 0 Å². The van der Waals surface area contributed by atoms with Crippen molar-refractivity contribution in [3.63, 3.8) is 0 Å². The Labute approximate surface area is 277 Å². The van der Waals surface area contributed by atoms with Crippen molar-refractivity contribution in [2.45, 2.75) is 117 Å². The zero-order valence-electron chi connectivity index (χ0n) is 28.7. The van der Waals surface area contributed by atoms with Gasteiger partial charge in [0.2, 0.25) is 0 Å². The number of hydrogen-bond acceptors (Lipinski definition) is 7. The number of methoxy groups -OCH3 is 1. The molecule has 254 valence electrons. The second-order valence-electron chi connectivity index (χ2n) is 13.1. The average Bonchev–Trinajstić information content (AvgIpc) is 3.25. The average molecular weight is 647 g/mol. The van der Waals surface area contributed by atoms with Crippen LogP contribution in [0.3, 0.4) is 0 Å².